The normalized spacial score (nSPS) is 12.6. The number of amides is 1. The molecule has 1 unspecified atom stereocenters. The average Bonchev–Trinajstić information content (AvgIpc) is 3.17. The molecule has 0 aliphatic carbocycles. The third-order valence-electron chi connectivity index (χ3n) is 3.82. The van der Waals surface area contributed by atoms with Gasteiger partial charge in [-0.3, -0.25) is 9.20 Å². The summed E-state index contributed by atoms with van der Waals surface area (Å²) in [5, 5.41) is 12.4. The molecule has 5 nitrogen and oxygen atoms in total. The van der Waals surface area contributed by atoms with Crippen LogP contribution in [0.25, 0.3) is 15.2 Å². The lowest BCUT2D eigenvalue weighted by Crippen LogP contribution is -2.23. The Kier molecular flexibility index (Phi) is 5.22. The van der Waals surface area contributed by atoms with Crippen molar-refractivity contribution in [3.05, 3.63) is 51.5 Å². The molecule has 2 aromatic heterocycles. The fourth-order valence-electron chi connectivity index (χ4n) is 2.53. The van der Waals surface area contributed by atoms with Crippen LogP contribution < -0.4 is 5.32 Å². The van der Waals surface area contributed by atoms with E-state index in [-0.39, 0.29) is 16.0 Å². The number of benzene rings is 2. The second-order valence-corrected chi connectivity index (χ2v) is 9.23. The largest absolute Gasteiger partial charge is 0.323 e. The summed E-state index contributed by atoms with van der Waals surface area (Å²) in [6.07, 6.45) is 0. The highest BCUT2D eigenvalue weighted by Crippen LogP contribution is 2.35. The van der Waals surface area contributed by atoms with Crippen LogP contribution in [0.2, 0.25) is 15.1 Å². The number of hydrogen-bond acceptors (Lipinski definition) is 5. The molecule has 2 aromatic carbocycles. The Hall–Kier alpha value is -1.51. The number of aromatic nitrogens is 3. The number of carbonyl (C=O) groups is 1. The molecule has 0 aliphatic heterocycles. The summed E-state index contributed by atoms with van der Waals surface area (Å²) in [6, 6.07) is 11.0. The van der Waals surface area contributed by atoms with E-state index in [1.165, 1.54) is 23.9 Å². The molecule has 138 valence electrons. The number of nitrogens with zero attached hydrogens (tertiary/aromatic N) is 3. The van der Waals surface area contributed by atoms with Crippen LogP contribution in [0.5, 0.6) is 0 Å². The molecule has 0 radical (unpaired) electrons. The highest BCUT2D eigenvalue weighted by Gasteiger charge is 2.21. The lowest BCUT2D eigenvalue weighted by atomic mass is 10.3. The average molecular weight is 458 g/mol. The number of anilines is 1. The molecule has 1 N–H and O–H groups in total. The van der Waals surface area contributed by atoms with Crippen molar-refractivity contribution in [2.45, 2.75) is 17.3 Å². The molecule has 0 bridgehead atoms. The van der Waals surface area contributed by atoms with Crippen molar-refractivity contribution in [1.29, 1.82) is 0 Å². The van der Waals surface area contributed by atoms with E-state index in [1.54, 1.807) is 18.3 Å². The van der Waals surface area contributed by atoms with Crippen LogP contribution >= 0.6 is 57.9 Å². The maximum Gasteiger partial charge on any atom is 0.237 e. The van der Waals surface area contributed by atoms with Crippen molar-refractivity contribution in [2.24, 2.45) is 0 Å². The second-order valence-electron chi connectivity index (χ2n) is 5.66. The molecule has 10 heteroatoms. The van der Waals surface area contributed by atoms with Crippen molar-refractivity contribution < 1.29 is 4.79 Å². The molecule has 0 saturated heterocycles. The highest BCUT2D eigenvalue weighted by atomic mass is 35.5. The number of rotatable bonds is 4. The maximum absolute atomic E-state index is 12.6. The summed E-state index contributed by atoms with van der Waals surface area (Å²) in [5.41, 5.74) is 1.36. The number of fused-ring (bicyclic) bond motifs is 3. The lowest BCUT2D eigenvalue weighted by Gasteiger charge is -2.13. The van der Waals surface area contributed by atoms with Gasteiger partial charge in [-0.25, -0.2) is 0 Å². The van der Waals surface area contributed by atoms with Crippen molar-refractivity contribution in [1.82, 2.24) is 14.6 Å². The SMILES string of the molecule is CC(Sc1nnc2sc3ccccc3n12)C(=O)Nc1c(Cl)cc(Cl)cc1Cl. The summed E-state index contributed by atoms with van der Waals surface area (Å²) in [5.74, 6) is -0.248. The van der Waals surface area contributed by atoms with E-state index in [2.05, 4.69) is 15.5 Å². The van der Waals surface area contributed by atoms with Gasteiger partial charge < -0.3 is 5.32 Å². The Morgan fingerprint density at radius 2 is 1.89 bits per heavy atom. The molecule has 1 atom stereocenters. The van der Waals surface area contributed by atoms with Crippen LogP contribution in [0.4, 0.5) is 5.69 Å². The Labute approximate surface area is 177 Å². The minimum absolute atomic E-state index is 0.248. The van der Waals surface area contributed by atoms with E-state index >= 15 is 0 Å². The summed E-state index contributed by atoms with van der Waals surface area (Å²) >= 11 is 21.1. The van der Waals surface area contributed by atoms with Gasteiger partial charge in [0, 0.05) is 5.02 Å². The monoisotopic (exact) mass is 456 g/mol. The van der Waals surface area contributed by atoms with Crippen LogP contribution in [0.15, 0.2) is 41.6 Å². The van der Waals surface area contributed by atoms with Crippen LogP contribution in [-0.2, 0) is 4.79 Å². The van der Waals surface area contributed by atoms with Crippen molar-refractivity contribution >= 4 is 84.7 Å². The van der Waals surface area contributed by atoms with E-state index in [0.29, 0.717) is 15.9 Å². The van der Waals surface area contributed by atoms with Crippen LogP contribution in [0, 0.1) is 0 Å². The number of carbonyl (C=O) groups excluding carboxylic acids is 1. The van der Waals surface area contributed by atoms with Crippen molar-refractivity contribution in [2.75, 3.05) is 5.32 Å². The van der Waals surface area contributed by atoms with Gasteiger partial charge in [-0.2, -0.15) is 0 Å². The number of thioether (sulfide) groups is 1. The first-order chi connectivity index (χ1) is 12.9. The third-order valence-corrected chi connectivity index (χ3v) is 6.69. The number of hydrogen-bond donors (Lipinski definition) is 1. The molecule has 4 rings (SSSR count). The number of thiazole rings is 1. The molecule has 2 heterocycles. The number of nitrogens with one attached hydrogen (secondary N) is 1. The molecule has 27 heavy (non-hydrogen) atoms. The van der Waals surface area contributed by atoms with Crippen LogP contribution in [0.3, 0.4) is 0 Å². The summed E-state index contributed by atoms with van der Waals surface area (Å²) in [6.45, 7) is 1.79. The smallest absolute Gasteiger partial charge is 0.237 e. The Morgan fingerprint density at radius 3 is 2.63 bits per heavy atom. The van der Waals surface area contributed by atoms with Crippen molar-refractivity contribution in [3.8, 4) is 0 Å². The van der Waals surface area contributed by atoms with E-state index in [9.17, 15) is 4.79 Å². The topological polar surface area (TPSA) is 59.3 Å². The van der Waals surface area contributed by atoms with Gasteiger partial charge in [0.25, 0.3) is 0 Å². The summed E-state index contributed by atoms with van der Waals surface area (Å²) in [4.78, 5) is 13.4. The third kappa shape index (κ3) is 3.62. The predicted molar refractivity (Wildman–Crippen MR) is 114 cm³/mol. The minimum atomic E-state index is -0.445. The van der Waals surface area contributed by atoms with Gasteiger partial charge in [-0.15, -0.1) is 10.2 Å². The number of halogens is 3. The maximum atomic E-state index is 12.6. The van der Waals surface area contributed by atoms with Gasteiger partial charge in [0.1, 0.15) is 0 Å². The van der Waals surface area contributed by atoms with E-state index < -0.39 is 5.25 Å². The zero-order chi connectivity index (χ0) is 19.1. The molecular weight excluding hydrogens is 447 g/mol. The minimum Gasteiger partial charge on any atom is -0.323 e. The highest BCUT2D eigenvalue weighted by molar-refractivity contribution is 8.00. The first kappa shape index (κ1) is 18.8. The van der Waals surface area contributed by atoms with E-state index in [0.717, 1.165) is 15.2 Å². The molecule has 0 aliphatic rings. The van der Waals surface area contributed by atoms with Crippen LogP contribution in [-0.4, -0.2) is 25.8 Å². The zero-order valence-electron chi connectivity index (χ0n) is 13.7. The molecule has 0 spiro atoms. The van der Waals surface area contributed by atoms with Gasteiger partial charge >= 0.3 is 0 Å². The molecular formula is C17H11Cl3N4OS2. The fraction of sp³-hybridized carbons (Fsp3) is 0.118. The molecule has 1 amide bonds. The van der Waals surface area contributed by atoms with Crippen LogP contribution in [0.1, 0.15) is 6.92 Å². The fourth-order valence-corrected chi connectivity index (χ4v) is 5.32. The summed E-state index contributed by atoms with van der Waals surface area (Å²) < 4.78 is 3.07. The Bertz CT molecular complexity index is 1150. The molecule has 4 aromatic rings. The van der Waals surface area contributed by atoms with Gasteiger partial charge in [-0.05, 0) is 31.2 Å². The molecule has 0 saturated carbocycles. The van der Waals surface area contributed by atoms with Crippen molar-refractivity contribution in [3.63, 3.8) is 0 Å². The van der Waals surface area contributed by atoms with Gasteiger partial charge in [0.05, 0.1) is 31.2 Å². The second kappa shape index (κ2) is 7.48. The predicted octanol–water partition coefficient (Wildman–Crippen LogP) is 6.02. The zero-order valence-corrected chi connectivity index (χ0v) is 17.6. The van der Waals surface area contributed by atoms with E-state index in [1.807, 2.05) is 28.7 Å². The first-order valence-corrected chi connectivity index (χ1v) is 10.6. The van der Waals surface area contributed by atoms with Gasteiger partial charge in [0.2, 0.25) is 10.9 Å². The lowest BCUT2D eigenvalue weighted by molar-refractivity contribution is -0.115. The van der Waals surface area contributed by atoms with Gasteiger partial charge in [0.15, 0.2) is 5.16 Å². The number of para-hydroxylation sites is 1. The molecule has 0 fully saturated rings. The Morgan fingerprint density at radius 1 is 1.19 bits per heavy atom. The quantitative estimate of drug-likeness (QED) is 0.380. The van der Waals surface area contributed by atoms with Gasteiger partial charge in [-0.1, -0.05) is 70.0 Å². The first-order valence-electron chi connectivity index (χ1n) is 7.79. The standard InChI is InChI=1S/C17H11Cl3N4OS2/c1-8(15(25)21-14-10(19)6-9(18)7-11(14)20)26-16-22-23-17-24(16)12-4-2-3-5-13(12)27-17/h2-8H,1H3,(H,21,25). The summed E-state index contributed by atoms with van der Waals surface area (Å²) in [7, 11) is 0. The van der Waals surface area contributed by atoms with E-state index in [4.69, 9.17) is 34.8 Å². The Balaban J connectivity index is 1.58.